The number of nitrogen functional groups attached to an aromatic ring is 1. The molecule has 1 fully saturated rings. The summed E-state index contributed by atoms with van der Waals surface area (Å²) in [5, 5.41) is 14.5. The Morgan fingerprint density at radius 2 is 2.12 bits per heavy atom. The Bertz CT molecular complexity index is 863. The van der Waals surface area contributed by atoms with Crippen molar-refractivity contribution in [2.45, 2.75) is 19.4 Å². The molecular weight excluding hydrogens is 337 g/mol. The van der Waals surface area contributed by atoms with E-state index in [-0.39, 0.29) is 29.4 Å². The van der Waals surface area contributed by atoms with Gasteiger partial charge in [-0.15, -0.1) is 0 Å². The summed E-state index contributed by atoms with van der Waals surface area (Å²) in [6.07, 6.45) is 0.734. The molecule has 1 aromatic heterocycles. The van der Waals surface area contributed by atoms with E-state index in [1.165, 1.54) is 24.3 Å². The van der Waals surface area contributed by atoms with E-state index in [9.17, 15) is 9.18 Å². The van der Waals surface area contributed by atoms with Crippen LogP contribution in [-0.2, 0) is 0 Å². The molecule has 0 radical (unpaired) electrons. The predicted octanol–water partition coefficient (Wildman–Crippen LogP) is 1.78. The van der Waals surface area contributed by atoms with E-state index in [0.717, 1.165) is 6.42 Å². The second kappa shape index (κ2) is 7.23. The van der Waals surface area contributed by atoms with Gasteiger partial charge >= 0.3 is 6.03 Å². The molecule has 0 aliphatic carbocycles. The van der Waals surface area contributed by atoms with Crippen LogP contribution in [-0.4, -0.2) is 35.1 Å². The molecule has 0 saturated carbocycles. The summed E-state index contributed by atoms with van der Waals surface area (Å²) in [7, 11) is 0. The van der Waals surface area contributed by atoms with E-state index in [2.05, 4.69) is 20.6 Å². The van der Waals surface area contributed by atoms with E-state index < -0.39 is 0 Å². The minimum absolute atomic E-state index is 0.0754. The normalized spacial score (nSPS) is 16.2. The summed E-state index contributed by atoms with van der Waals surface area (Å²) in [5.41, 5.74) is 6.99. The number of amides is 2. The van der Waals surface area contributed by atoms with E-state index in [0.29, 0.717) is 30.3 Å². The first-order valence-electron chi connectivity index (χ1n) is 8.08. The number of hydrogen-bond acceptors (Lipinski definition) is 6. The summed E-state index contributed by atoms with van der Waals surface area (Å²) in [6.45, 7) is 3.00. The lowest BCUT2D eigenvalue weighted by atomic mass is 10.2. The second-order valence-corrected chi connectivity index (χ2v) is 6.02. The Morgan fingerprint density at radius 1 is 1.38 bits per heavy atom. The first-order valence-corrected chi connectivity index (χ1v) is 8.08. The van der Waals surface area contributed by atoms with Gasteiger partial charge in [0.25, 0.3) is 0 Å². The predicted molar refractivity (Wildman–Crippen MR) is 95.1 cm³/mol. The van der Waals surface area contributed by atoms with Crippen molar-refractivity contribution >= 4 is 23.4 Å². The van der Waals surface area contributed by atoms with Gasteiger partial charge in [0, 0.05) is 24.8 Å². The van der Waals surface area contributed by atoms with E-state index >= 15 is 0 Å². The number of carbonyl (C=O) groups excluding carboxylic acids is 1. The van der Waals surface area contributed by atoms with Gasteiger partial charge < -0.3 is 21.3 Å². The van der Waals surface area contributed by atoms with Gasteiger partial charge in [-0.2, -0.15) is 5.26 Å². The first kappa shape index (κ1) is 17.4. The Labute approximate surface area is 149 Å². The molecule has 0 spiro atoms. The smallest absolute Gasteiger partial charge is 0.319 e. The van der Waals surface area contributed by atoms with Crippen LogP contribution in [0.3, 0.4) is 0 Å². The summed E-state index contributed by atoms with van der Waals surface area (Å²) < 4.78 is 12.9. The number of aromatic nitrogens is 2. The molecule has 2 amide bonds. The zero-order valence-electron chi connectivity index (χ0n) is 14.2. The van der Waals surface area contributed by atoms with E-state index in [1.54, 1.807) is 6.92 Å². The van der Waals surface area contributed by atoms with Crippen LogP contribution in [0.1, 0.15) is 17.8 Å². The average molecular weight is 355 g/mol. The number of nitrogens with two attached hydrogens (primary N) is 1. The lowest BCUT2D eigenvalue weighted by molar-refractivity contribution is 0.249. The highest BCUT2D eigenvalue weighted by atomic mass is 19.1. The van der Waals surface area contributed by atoms with Gasteiger partial charge in [-0.25, -0.2) is 19.2 Å². The lowest BCUT2D eigenvalue weighted by Crippen LogP contribution is -2.40. The topological polar surface area (TPSA) is 120 Å². The number of carbonyl (C=O) groups is 1. The number of halogens is 1. The van der Waals surface area contributed by atoms with Crippen molar-refractivity contribution in [3.63, 3.8) is 0 Å². The SMILES string of the molecule is Cc1nc(C#N)c(N)nc1N1CC[C@H](NC(=O)Nc2ccc(F)cc2)C1. The van der Waals surface area contributed by atoms with Gasteiger partial charge in [0.2, 0.25) is 0 Å². The second-order valence-electron chi connectivity index (χ2n) is 6.02. The molecule has 134 valence electrons. The maximum atomic E-state index is 12.9. The van der Waals surface area contributed by atoms with Crippen LogP contribution in [0.2, 0.25) is 0 Å². The van der Waals surface area contributed by atoms with Crippen LogP contribution in [0.4, 0.5) is 26.5 Å². The maximum Gasteiger partial charge on any atom is 0.319 e. The minimum atomic E-state index is -0.361. The van der Waals surface area contributed by atoms with E-state index in [4.69, 9.17) is 11.0 Å². The minimum Gasteiger partial charge on any atom is -0.381 e. The standard InChI is InChI=1S/C17H18FN7O/c1-10-16(24-15(20)14(8-19)21-10)25-7-6-13(9-25)23-17(26)22-12-4-2-11(18)3-5-12/h2-5,13H,6-7,9H2,1H3,(H2,20,24)(H2,22,23,26)/t13-/m0/s1. The fourth-order valence-corrected chi connectivity index (χ4v) is 2.86. The highest BCUT2D eigenvalue weighted by Crippen LogP contribution is 2.23. The molecule has 1 aliphatic rings. The highest BCUT2D eigenvalue weighted by molar-refractivity contribution is 5.89. The Balaban J connectivity index is 1.60. The van der Waals surface area contributed by atoms with Crippen molar-refractivity contribution in [1.82, 2.24) is 15.3 Å². The monoisotopic (exact) mass is 355 g/mol. The summed E-state index contributed by atoms with van der Waals surface area (Å²) >= 11 is 0. The third-order valence-electron chi connectivity index (χ3n) is 4.10. The van der Waals surface area contributed by atoms with Crippen molar-refractivity contribution in [3.8, 4) is 6.07 Å². The number of anilines is 3. The van der Waals surface area contributed by atoms with Gasteiger partial charge in [-0.3, -0.25) is 0 Å². The molecule has 9 heteroatoms. The molecule has 2 heterocycles. The number of benzene rings is 1. The largest absolute Gasteiger partial charge is 0.381 e. The zero-order chi connectivity index (χ0) is 18.7. The summed E-state index contributed by atoms with van der Waals surface area (Å²) in [6, 6.07) is 7.03. The lowest BCUT2D eigenvalue weighted by Gasteiger charge is -2.20. The van der Waals surface area contributed by atoms with Crippen molar-refractivity contribution in [2.24, 2.45) is 0 Å². The highest BCUT2D eigenvalue weighted by Gasteiger charge is 2.27. The van der Waals surface area contributed by atoms with Crippen LogP contribution < -0.4 is 21.3 Å². The van der Waals surface area contributed by atoms with Gasteiger partial charge in [-0.05, 0) is 37.6 Å². The number of aryl methyl sites for hydroxylation is 1. The van der Waals surface area contributed by atoms with Gasteiger partial charge in [0.05, 0.1) is 5.69 Å². The molecule has 4 N–H and O–H groups in total. The van der Waals surface area contributed by atoms with Crippen molar-refractivity contribution in [3.05, 3.63) is 41.5 Å². The van der Waals surface area contributed by atoms with Crippen molar-refractivity contribution in [2.75, 3.05) is 29.0 Å². The molecule has 8 nitrogen and oxygen atoms in total. The van der Waals surface area contributed by atoms with Crippen molar-refractivity contribution in [1.29, 1.82) is 5.26 Å². The molecule has 1 saturated heterocycles. The average Bonchev–Trinajstić information content (AvgIpc) is 3.06. The van der Waals surface area contributed by atoms with Gasteiger partial charge in [-0.1, -0.05) is 0 Å². The number of rotatable bonds is 3. The Morgan fingerprint density at radius 3 is 2.81 bits per heavy atom. The number of urea groups is 1. The Hall–Kier alpha value is -3.41. The molecule has 26 heavy (non-hydrogen) atoms. The number of hydrogen-bond donors (Lipinski definition) is 3. The van der Waals surface area contributed by atoms with Crippen LogP contribution in [0.5, 0.6) is 0 Å². The number of nitriles is 1. The fourth-order valence-electron chi connectivity index (χ4n) is 2.86. The number of nitrogens with zero attached hydrogens (tertiary/aromatic N) is 4. The maximum absolute atomic E-state index is 12.9. The van der Waals surface area contributed by atoms with Crippen molar-refractivity contribution < 1.29 is 9.18 Å². The van der Waals surface area contributed by atoms with E-state index in [1.807, 2.05) is 11.0 Å². The summed E-state index contributed by atoms with van der Waals surface area (Å²) in [5.74, 6) is 0.351. The fraction of sp³-hybridized carbons (Fsp3) is 0.294. The quantitative estimate of drug-likeness (QED) is 0.772. The third kappa shape index (κ3) is 3.80. The molecule has 1 atom stereocenters. The molecule has 3 rings (SSSR count). The molecule has 1 aliphatic heterocycles. The Kier molecular flexibility index (Phi) is 4.84. The van der Waals surface area contributed by atoms with Gasteiger partial charge in [0.15, 0.2) is 17.3 Å². The van der Waals surface area contributed by atoms with Crippen LogP contribution >= 0.6 is 0 Å². The van der Waals surface area contributed by atoms with Crippen LogP contribution in [0.15, 0.2) is 24.3 Å². The molecule has 2 aromatic rings. The number of nitrogens with one attached hydrogen (secondary N) is 2. The third-order valence-corrected chi connectivity index (χ3v) is 4.10. The summed E-state index contributed by atoms with van der Waals surface area (Å²) in [4.78, 5) is 22.5. The molecular formula is C17H18FN7O. The van der Waals surface area contributed by atoms with Crippen LogP contribution in [0.25, 0.3) is 0 Å². The zero-order valence-corrected chi connectivity index (χ0v) is 14.2. The first-order chi connectivity index (χ1) is 12.5. The van der Waals surface area contributed by atoms with Crippen LogP contribution in [0, 0.1) is 24.1 Å². The van der Waals surface area contributed by atoms with Gasteiger partial charge in [0.1, 0.15) is 11.9 Å². The molecule has 0 unspecified atom stereocenters. The molecule has 1 aromatic carbocycles. The molecule has 0 bridgehead atoms.